The van der Waals surface area contributed by atoms with Crippen molar-refractivity contribution in [3.63, 3.8) is 0 Å². The Morgan fingerprint density at radius 2 is 1.90 bits per heavy atom. The fourth-order valence-corrected chi connectivity index (χ4v) is 3.20. The number of carbonyl (C=O) groups excluding carboxylic acids is 2. The third-order valence-corrected chi connectivity index (χ3v) is 4.85. The highest BCUT2D eigenvalue weighted by Crippen LogP contribution is 2.24. The zero-order chi connectivity index (χ0) is 21.5. The molecule has 0 spiro atoms. The minimum Gasteiger partial charge on any atom is -0.495 e. The fourth-order valence-electron chi connectivity index (χ4n) is 2.58. The molecule has 3 rings (SSSR count). The van der Waals surface area contributed by atoms with Crippen molar-refractivity contribution in [3.8, 4) is 5.75 Å². The number of nitro groups is 1. The van der Waals surface area contributed by atoms with Crippen LogP contribution in [0.4, 0.5) is 11.4 Å². The molecule has 3 aromatic rings. The first-order chi connectivity index (χ1) is 14.5. The zero-order valence-corrected chi connectivity index (χ0v) is 16.6. The molecule has 0 aliphatic carbocycles. The third-order valence-electron chi connectivity index (χ3n) is 3.99. The van der Waals surface area contributed by atoms with E-state index in [1.807, 2.05) is 0 Å². The monoisotopic (exact) mass is 423 g/mol. The van der Waals surface area contributed by atoms with Crippen LogP contribution in [0.3, 0.4) is 0 Å². The van der Waals surface area contributed by atoms with Gasteiger partial charge in [0.1, 0.15) is 11.4 Å². The molecule has 0 fully saturated rings. The molecule has 30 heavy (non-hydrogen) atoms. The second-order valence-corrected chi connectivity index (χ2v) is 6.94. The molecule has 0 unspecified atom stereocenters. The van der Waals surface area contributed by atoms with Gasteiger partial charge < -0.3 is 15.4 Å². The number of amides is 2. The number of nitro benzene ring substituents is 1. The van der Waals surface area contributed by atoms with Crippen LogP contribution >= 0.6 is 11.3 Å². The first-order valence-corrected chi connectivity index (χ1v) is 9.61. The summed E-state index contributed by atoms with van der Waals surface area (Å²) in [6, 6.07) is 15.9. The maximum Gasteiger partial charge on any atom is 0.272 e. The van der Waals surface area contributed by atoms with Crippen LogP contribution < -0.4 is 15.4 Å². The van der Waals surface area contributed by atoms with Crippen molar-refractivity contribution in [2.24, 2.45) is 0 Å². The van der Waals surface area contributed by atoms with Crippen LogP contribution in [0.5, 0.6) is 5.75 Å². The van der Waals surface area contributed by atoms with Crippen LogP contribution in [0, 0.1) is 10.1 Å². The number of hydrogen-bond donors (Lipinski definition) is 2. The molecule has 2 N–H and O–H groups in total. The molecule has 1 aromatic heterocycles. The molecule has 0 aliphatic rings. The highest BCUT2D eigenvalue weighted by molar-refractivity contribution is 7.12. The van der Waals surface area contributed by atoms with Crippen LogP contribution in [-0.2, 0) is 4.79 Å². The minimum atomic E-state index is -0.601. The minimum absolute atomic E-state index is 0.0696. The molecule has 1 heterocycles. The van der Waals surface area contributed by atoms with E-state index in [0.717, 1.165) is 0 Å². The molecule has 0 bridgehead atoms. The van der Waals surface area contributed by atoms with Gasteiger partial charge in [-0.15, -0.1) is 11.3 Å². The molecular weight excluding hydrogens is 406 g/mol. The van der Waals surface area contributed by atoms with Gasteiger partial charge in [-0.1, -0.05) is 30.3 Å². The summed E-state index contributed by atoms with van der Waals surface area (Å²) in [5, 5.41) is 18.1. The Kier molecular flexibility index (Phi) is 6.56. The molecule has 2 aromatic carbocycles. The molecule has 0 atom stereocenters. The van der Waals surface area contributed by atoms with Gasteiger partial charge in [-0.25, -0.2) is 0 Å². The van der Waals surface area contributed by atoms with Crippen LogP contribution in [0.2, 0.25) is 0 Å². The van der Waals surface area contributed by atoms with E-state index < -0.39 is 16.7 Å². The lowest BCUT2D eigenvalue weighted by Gasteiger charge is -2.13. The molecule has 9 heteroatoms. The van der Waals surface area contributed by atoms with Gasteiger partial charge >= 0.3 is 0 Å². The third kappa shape index (κ3) is 5.09. The van der Waals surface area contributed by atoms with Crippen molar-refractivity contribution in [1.29, 1.82) is 0 Å². The number of benzene rings is 2. The number of para-hydroxylation sites is 2. The van der Waals surface area contributed by atoms with Crippen molar-refractivity contribution in [1.82, 2.24) is 5.32 Å². The van der Waals surface area contributed by atoms with Crippen LogP contribution in [-0.4, -0.2) is 23.8 Å². The molecule has 0 saturated heterocycles. The average molecular weight is 423 g/mol. The lowest BCUT2D eigenvalue weighted by atomic mass is 10.1. The summed E-state index contributed by atoms with van der Waals surface area (Å²) in [7, 11) is 1.48. The SMILES string of the molecule is COc1ccccc1NC(=O)/C(=C\c1cccc([N+](=O)[O-])c1)NC(=O)c1cccs1. The van der Waals surface area contributed by atoms with Crippen molar-refractivity contribution >= 4 is 40.6 Å². The van der Waals surface area contributed by atoms with E-state index in [-0.39, 0.29) is 11.4 Å². The predicted octanol–water partition coefficient (Wildman–Crippen LogP) is 4.07. The molecular formula is C21H17N3O5S. The first-order valence-electron chi connectivity index (χ1n) is 8.73. The van der Waals surface area contributed by atoms with Crippen molar-refractivity contribution in [2.45, 2.75) is 0 Å². The molecule has 0 saturated carbocycles. The predicted molar refractivity (Wildman–Crippen MR) is 114 cm³/mol. The number of hydrogen-bond acceptors (Lipinski definition) is 6. The number of ether oxygens (including phenoxy) is 1. The fraction of sp³-hybridized carbons (Fsp3) is 0.0476. The van der Waals surface area contributed by atoms with E-state index in [2.05, 4.69) is 10.6 Å². The van der Waals surface area contributed by atoms with E-state index in [4.69, 9.17) is 4.74 Å². The molecule has 152 valence electrons. The van der Waals surface area contributed by atoms with Crippen LogP contribution in [0.15, 0.2) is 71.7 Å². The topological polar surface area (TPSA) is 111 Å². The van der Waals surface area contributed by atoms with Gasteiger partial charge in [0.2, 0.25) is 0 Å². The van der Waals surface area contributed by atoms with Crippen molar-refractivity contribution in [2.75, 3.05) is 12.4 Å². The molecule has 8 nitrogen and oxygen atoms in total. The summed E-state index contributed by atoms with van der Waals surface area (Å²) < 4.78 is 5.23. The number of nitrogens with zero attached hydrogens (tertiary/aromatic N) is 1. The molecule has 0 radical (unpaired) electrons. The lowest BCUT2D eigenvalue weighted by Crippen LogP contribution is -2.30. The Labute approximate surface area is 176 Å². The Morgan fingerprint density at radius 3 is 2.60 bits per heavy atom. The summed E-state index contributed by atoms with van der Waals surface area (Å²) in [5.41, 5.74) is 0.610. The quantitative estimate of drug-likeness (QED) is 0.338. The maximum absolute atomic E-state index is 12.9. The summed E-state index contributed by atoms with van der Waals surface area (Å²) in [6.07, 6.45) is 1.38. The number of thiophene rings is 1. The lowest BCUT2D eigenvalue weighted by molar-refractivity contribution is -0.384. The van der Waals surface area contributed by atoms with Gasteiger partial charge in [0, 0.05) is 12.1 Å². The molecule has 2 amide bonds. The van der Waals surface area contributed by atoms with Gasteiger partial charge in [-0.2, -0.15) is 0 Å². The second kappa shape index (κ2) is 9.48. The van der Waals surface area contributed by atoms with Crippen molar-refractivity contribution in [3.05, 3.63) is 92.3 Å². The van der Waals surface area contributed by atoms with E-state index in [9.17, 15) is 19.7 Å². The Morgan fingerprint density at radius 1 is 1.10 bits per heavy atom. The summed E-state index contributed by atoms with van der Waals surface area (Å²) in [6.45, 7) is 0. The van der Waals surface area contributed by atoms with E-state index in [0.29, 0.717) is 21.9 Å². The average Bonchev–Trinajstić information content (AvgIpc) is 3.29. The Balaban J connectivity index is 1.94. The molecule has 0 aliphatic heterocycles. The van der Waals surface area contributed by atoms with E-state index in [1.54, 1.807) is 47.8 Å². The number of non-ortho nitro benzene ring substituents is 1. The number of carbonyl (C=O) groups is 2. The number of anilines is 1. The van der Waals surface area contributed by atoms with E-state index in [1.165, 1.54) is 42.7 Å². The standard InChI is InChI=1S/C21H17N3O5S/c1-29-18-9-3-2-8-16(18)22-20(25)17(23-21(26)19-10-5-11-30-19)13-14-6-4-7-15(12-14)24(27)28/h2-13H,1H3,(H,22,25)(H,23,26)/b17-13+. The van der Waals surface area contributed by atoms with Gasteiger partial charge in [0.05, 0.1) is 22.6 Å². The number of nitrogens with one attached hydrogen (secondary N) is 2. The number of rotatable bonds is 7. The smallest absolute Gasteiger partial charge is 0.272 e. The Bertz CT molecular complexity index is 1110. The number of methoxy groups -OCH3 is 1. The van der Waals surface area contributed by atoms with Gasteiger partial charge in [-0.05, 0) is 35.2 Å². The largest absolute Gasteiger partial charge is 0.495 e. The summed E-state index contributed by atoms with van der Waals surface area (Å²) in [4.78, 5) is 36.4. The first kappa shape index (κ1) is 20.7. The highest BCUT2D eigenvalue weighted by atomic mass is 32.1. The highest BCUT2D eigenvalue weighted by Gasteiger charge is 2.17. The zero-order valence-electron chi connectivity index (χ0n) is 15.8. The van der Waals surface area contributed by atoms with Crippen molar-refractivity contribution < 1.29 is 19.2 Å². The van der Waals surface area contributed by atoms with Crippen LogP contribution in [0.25, 0.3) is 6.08 Å². The Hall–Kier alpha value is -3.98. The maximum atomic E-state index is 12.9. The normalized spacial score (nSPS) is 10.9. The summed E-state index contributed by atoms with van der Waals surface area (Å²) >= 11 is 1.23. The van der Waals surface area contributed by atoms with Gasteiger partial charge in [0.15, 0.2) is 0 Å². The van der Waals surface area contributed by atoms with Gasteiger partial charge in [0.25, 0.3) is 17.5 Å². The van der Waals surface area contributed by atoms with Gasteiger partial charge in [-0.3, -0.25) is 19.7 Å². The van der Waals surface area contributed by atoms with Crippen LogP contribution in [0.1, 0.15) is 15.2 Å². The second-order valence-electron chi connectivity index (χ2n) is 6.00. The summed E-state index contributed by atoms with van der Waals surface area (Å²) in [5.74, 6) is -0.613. The van der Waals surface area contributed by atoms with E-state index >= 15 is 0 Å².